The highest BCUT2D eigenvalue weighted by molar-refractivity contribution is 5.81. The van der Waals surface area contributed by atoms with E-state index in [2.05, 4.69) is 9.47 Å². The summed E-state index contributed by atoms with van der Waals surface area (Å²) in [4.78, 5) is 11.5. The van der Waals surface area contributed by atoms with Crippen molar-refractivity contribution in [2.24, 2.45) is 5.41 Å². The normalized spacial score (nSPS) is 20.9. The molecule has 0 aromatic carbocycles. The van der Waals surface area contributed by atoms with Crippen molar-refractivity contribution in [3.8, 4) is 0 Å². The summed E-state index contributed by atoms with van der Waals surface area (Å²) >= 11 is 0. The van der Waals surface area contributed by atoms with Gasteiger partial charge in [0.2, 0.25) is 5.91 Å². The predicted octanol–water partition coefficient (Wildman–Crippen LogP) is 1.41. The summed E-state index contributed by atoms with van der Waals surface area (Å²) in [6.45, 7) is 4.10. The van der Waals surface area contributed by atoms with Crippen LogP contribution in [0.5, 0.6) is 0 Å². The lowest BCUT2D eigenvalue weighted by atomic mass is 9.95. The average molecular weight is 241 g/mol. The van der Waals surface area contributed by atoms with Gasteiger partial charge >= 0.3 is 12.1 Å². The van der Waals surface area contributed by atoms with Crippen molar-refractivity contribution < 1.29 is 27.4 Å². The molecule has 1 saturated heterocycles. The van der Waals surface area contributed by atoms with Crippen LogP contribution in [-0.4, -0.2) is 31.2 Å². The zero-order valence-corrected chi connectivity index (χ0v) is 9.27. The van der Waals surface area contributed by atoms with Crippen molar-refractivity contribution in [2.45, 2.75) is 32.9 Å². The van der Waals surface area contributed by atoms with Crippen molar-refractivity contribution in [2.75, 3.05) is 13.2 Å². The molecule has 1 aliphatic rings. The number of hydrogen-bond donors (Lipinski definition) is 1. The molecule has 7 heteroatoms. The number of nitrogens with one attached hydrogen (secondary N) is 1. The molecule has 1 rings (SSSR count). The Hall–Kier alpha value is -0.820. The Morgan fingerprint density at radius 2 is 1.62 bits per heavy atom. The van der Waals surface area contributed by atoms with Crippen LogP contribution in [-0.2, 0) is 14.3 Å². The van der Waals surface area contributed by atoms with Gasteiger partial charge in [-0.2, -0.15) is 13.2 Å². The second-order valence-electron chi connectivity index (χ2n) is 4.52. The van der Waals surface area contributed by atoms with Gasteiger partial charge in [-0.3, -0.25) is 10.1 Å². The minimum atomic E-state index is -4.80. The third-order valence-electron chi connectivity index (χ3n) is 2.03. The SMILES string of the molecule is CC(C)(C)C(=O)NC1(C(F)(F)F)OCCO1. The molecule has 0 aromatic rings. The largest absolute Gasteiger partial charge is 0.465 e. The number of alkyl halides is 3. The zero-order chi connectivity index (χ0) is 12.6. The van der Waals surface area contributed by atoms with Gasteiger partial charge in [0.1, 0.15) is 0 Å². The van der Waals surface area contributed by atoms with Gasteiger partial charge in [0.15, 0.2) is 0 Å². The van der Waals surface area contributed by atoms with Crippen LogP contribution in [0, 0.1) is 5.41 Å². The Morgan fingerprint density at radius 1 is 1.19 bits per heavy atom. The molecule has 0 unspecified atom stereocenters. The Balaban J connectivity index is 2.86. The Bertz CT molecular complexity index is 277. The number of hydrogen-bond acceptors (Lipinski definition) is 3. The van der Waals surface area contributed by atoms with E-state index in [-0.39, 0.29) is 13.2 Å². The lowest BCUT2D eigenvalue weighted by Gasteiger charge is -2.32. The summed E-state index contributed by atoms with van der Waals surface area (Å²) < 4.78 is 47.1. The summed E-state index contributed by atoms with van der Waals surface area (Å²) in [6.07, 6.45) is -4.80. The molecule has 0 radical (unpaired) electrons. The minimum Gasteiger partial charge on any atom is -0.323 e. The van der Waals surface area contributed by atoms with Crippen LogP contribution >= 0.6 is 0 Å². The first-order valence-electron chi connectivity index (χ1n) is 4.76. The van der Waals surface area contributed by atoms with Crippen molar-refractivity contribution in [1.82, 2.24) is 5.32 Å². The Morgan fingerprint density at radius 3 is 1.94 bits per heavy atom. The van der Waals surface area contributed by atoms with E-state index in [1.807, 2.05) is 0 Å². The van der Waals surface area contributed by atoms with Gasteiger partial charge < -0.3 is 9.47 Å². The number of halogens is 3. The Labute approximate surface area is 91.1 Å². The standard InChI is InChI=1S/C9H14F3NO3/c1-7(2,3)6(14)13-9(8(10,11)12)15-4-5-16-9/h4-5H2,1-3H3,(H,13,14). The fourth-order valence-corrected chi connectivity index (χ4v) is 1.06. The maximum atomic E-state index is 12.7. The summed E-state index contributed by atoms with van der Waals surface area (Å²) in [5.74, 6) is -3.77. The number of carbonyl (C=O) groups is 1. The predicted molar refractivity (Wildman–Crippen MR) is 48.3 cm³/mol. The first-order chi connectivity index (χ1) is 7.08. The van der Waals surface area contributed by atoms with Crippen molar-refractivity contribution in [3.05, 3.63) is 0 Å². The zero-order valence-electron chi connectivity index (χ0n) is 9.27. The average Bonchev–Trinajstić information content (AvgIpc) is 2.50. The topological polar surface area (TPSA) is 47.6 Å². The van der Waals surface area contributed by atoms with Crippen LogP contribution < -0.4 is 5.32 Å². The molecule has 1 fully saturated rings. The molecule has 0 bridgehead atoms. The van der Waals surface area contributed by atoms with Gasteiger partial charge in [0, 0.05) is 5.41 Å². The van der Waals surface area contributed by atoms with Gasteiger partial charge in [-0.1, -0.05) is 20.8 Å². The van der Waals surface area contributed by atoms with Crippen LogP contribution in [0.2, 0.25) is 0 Å². The van der Waals surface area contributed by atoms with E-state index < -0.39 is 23.4 Å². The van der Waals surface area contributed by atoms with E-state index in [9.17, 15) is 18.0 Å². The number of ether oxygens (including phenoxy) is 2. The molecular weight excluding hydrogens is 227 g/mol. The van der Waals surface area contributed by atoms with Crippen LogP contribution in [0.1, 0.15) is 20.8 Å². The van der Waals surface area contributed by atoms with Gasteiger partial charge in [-0.15, -0.1) is 0 Å². The quantitative estimate of drug-likeness (QED) is 0.755. The lowest BCUT2D eigenvalue weighted by molar-refractivity contribution is -0.354. The molecule has 1 N–H and O–H groups in total. The summed E-state index contributed by atoms with van der Waals surface area (Å²) in [7, 11) is 0. The highest BCUT2D eigenvalue weighted by Crippen LogP contribution is 2.36. The first-order valence-corrected chi connectivity index (χ1v) is 4.76. The van der Waals surface area contributed by atoms with E-state index in [1.54, 1.807) is 5.32 Å². The van der Waals surface area contributed by atoms with E-state index >= 15 is 0 Å². The third kappa shape index (κ3) is 2.46. The summed E-state index contributed by atoms with van der Waals surface area (Å²) in [6, 6.07) is 0. The summed E-state index contributed by atoms with van der Waals surface area (Å²) in [5.41, 5.74) is -0.951. The minimum absolute atomic E-state index is 0.204. The molecule has 1 amide bonds. The lowest BCUT2D eigenvalue weighted by Crippen LogP contribution is -2.61. The van der Waals surface area contributed by atoms with Gasteiger partial charge in [-0.05, 0) is 0 Å². The summed E-state index contributed by atoms with van der Waals surface area (Å²) in [5, 5.41) is 1.76. The fourth-order valence-electron chi connectivity index (χ4n) is 1.06. The van der Waals surface area contributed by atoms with E-state index in [1.165, 1.54) is 20.8 Å². The highest BCUT2D eigenvalue weighted by Gasteiger charge is 2.62. The van der Waals surface area contributed by atoms with Crippen molar-refractivity contribution >= 4 is 5.91 Å². The smallest absolute Gasteiger partial charge is 0.323 e. The molecule has 0 saturated carbocycles. The second kappa shape index (κ2) is 3.89. The molecule has 0 atom stereocenters. The van der Waals surface area contributed by atoms with E-state index in [4.69, 9.17) is 0 Å². The third-order valence-corrected chi connectivity index (χ3v) is 2.03. The molecule has 1 heterocycles. The maximum Gasteiger partial charge on any atom is 0.465 e. The maximum absolute atomic E-state index is 12.7. The van der Waals surface area contributed by atoms with Crippen LogP contribution in [0.4, 0.5) is 13.2 Å². The van der Waals surface area contributed by atoms with E-state index in [0.717, 1.165) is 0 Å². The number of carbonyl (C=O) groups excluding carboxylic acids is 1. The van der Waals surface area contributed by atoms with Gasteiger partial charge in [-0.25, -0.2) is 0 Å². The highest BCUT2D eigenvalue weighted by atomic mass is 19.4. The molecule has 0 spiro atoms. The van der Waals surface area contributed by atoms with Crippen LogP contribution in [0.3, 0.4) is 0 Å². The molecule has 0 aromatic heterocycles. The molecule has 94 valence electrons. The van der Waals surface area contributed by atoms with Crippen molar-refractivity contribution in [1.29, 1.82) is 0 Å². The second-order valence-corrected chi connectivity index (χ2v) is 4.52. The monoisotopic (exact) mass is 241 g/mol. The number of amides is 1. The Kier molecular flexibility index (Phi) is 3.22. The number of rotatable bonds is 1. The molecule has 1 aliphatic heterocycles. The fraction of sp³-hybridized carbons (Fsp3) is 0.889. The molecule has 0 aliphatic carbocycles. The molecule has 4 nitrogen and oxygen atoms in total. The first kappa shape index (κ1) is 13.2. The molecular formula is C9H14F3NO3. The van der Waals surface area contributed by atoms with Gasteiger partial charge in [0.05, 0.1) is 13.2 Å². The van der Waals surface area contributed by atoms with Crippen molar-refractivity contribution in [3.63, 3.8) is 0 Å². The van der Waals surface area contributed by atoms with Crippen LogP contribution in [0.25, 0.3) is 0 Å². The van der Waals surface area contributed by atoms with E-state index in [0.29, 0.717) is 0 Å². The van der Waals surface area contributed by atoms with Gasteiger partial charge in [0.25, 0.3) is 0 Å². The van der Waals surface area contributed by atoms with Crippen LogP contribution in [0.15, 0.2) is 0 Å². The molecule has 16 heavy (non-hydrogen) atoms.